The number of carbonyl (C=O) groups excluding carboxylic acids is 1. The molecule has 0 spiro atoms. The topological polar surface area (TPSA) is 84.7 Å². The number of rotatable bonds is 7. The molecule has 2 rings (SSSR count). The van der Waals surface area contributed by atoms with Crippen LogP contribution < -0.4 is 10.1 Å². The molecule has 1 amide bonds. The van der Waals surface area contributed by atoms with E-state index >= 15 is 0 Å². The number of nitrogens with zero attached hydrogens (tertiary/aromatic N) is 2. The third-order valence-electron chi connectivity index (χ3n) is 3.66. The first-order chi connectivity index (χ1) is 11.9. The second-order valence-corrected chi connectivity index (χ2v) is 5.85. The molecule has 0 bridgehead atoms. The molecule has 132 valence electrons. The first-order valence-corrected chi connectivity index (χ1v) is 7.75. The van der Waals surface area contributed by atoms with Crippen molar-refractivity contribution >= 4 is 17.3 Å². The van der Waals surface area contributed by atoms with Crippen LogP contribution >= 0.6 is 0 Å². The maximum Gasteiger partial charge on any atom is 0.273 e. The maximum absolute atomic E-state index is 12.2. The first kappa shape index (κ1) is 18.4. The molecule has 25 heavy (non-hydrogen) atoms. The summed E-state index contributed by atoms with van der Waals surface area (Å²) in [5, 5.41) is 13.5. The molecule has 0 atom stereocenters. The normalized spacial score (nSPS) is 10.6. The van der Waals surface area contributed by atoms with Crippen LogP contribution in [-0.2, 0) is 11.3 Å². The Hall–Kier alpha value is -2.93. The highest BCUT2D eigenvalue weighted by Gasteiger charge is 2.14. The van der Waals surface area contributed by atoms with Gasteiger partial charge in [0.1, 0.15) is 5.75 Å². The number of amides is 1. The van der Waals surface area contributed by atoms with E-state index in [0.717, 1.165) is 5.56 Å². The van der Waals surface area contributed by atoms with Crippen molar-refractivity contribution < 1.29 is 14.5 Å². The molecule has 2 aromatic carbocycles. The Bertz CT molecular complexity index is 759. The fraction of sp³-hybridized carbons (Fsp3) is 0.278. The SMILES string of the molecule is COc1cc([N+](=O)[O-])ccc1NC(=O)CN(C)Cc1ccc(C)cc1. The average molecular weight is 343 g/mol. The lowest BCUT2D eigenvalue weighted by Gasteiger charge is -2.17. The minimum absolute atomic E-state index is 0.0914. The van der Waals surface area contributed by atoms with Crippen LogP contribution in [-0.4, -0.2) is 36.4 Å². The number of aryl methyl sites for hydroxylation is 1. The number of nitro groups is 1. The zero-order valence-electron chi connectivity index (χ0n) is 14.5. The third-order valence-corrected chi connectivity index (χ3v) is 3.66. The van der Waals surface area contributed by atoms with Crippen molar-refractivity contribution in [2.45, 2.75) is 13.5 Å². The van der Waals surface area contributed by atoms with Gasteiger partial charge in [-0.15, -0.1) is 0 Å². The molecule has 0 aromatic heterocycles. The van der Waals surface area contributed by atoms with Gasteiger partial charge in [-0.3, -0.25) is 19.8 Å². The Morgan fingerprint density at radius 2 is 1.92 bits per heavy atom. The number of hydrogen-bond donors (Lipinski definition) is 1. The lowest BCUT2D eigenvalue weighted by molar-refractivity contribution is -0.384. The summed E-state index contributed by atoms with van der Waals surface area (Å²) in [4.78, 5) is 24.4. The van der Waals surface area contributed by atoms with Gasteiger partial charge in [-0.05, 0) is 25.6 Å². The molecular weight excluding hydrogens is 322 g/mol. The Morgan fingerprint density at radius 3 is 2.52 bits per heavy atom. The second kappa shape index (κ2) is 8.25. The number of carbonyl (C=O) groups is 1. The molecule has 0 unspecified atom stereocenters. The highest BCUT2D eigenvalue weighted by molar-refractivity contribution is 5.93. The molecule has 7 nitrogen and oxygen atoms in total. The highest BCUT2D eigenvalue weighted by Crippen LogP contribution is 2.28. The molecule has 0 saturated heterocycles. The molecule has 1 N–H and O–H groups in total. The van der Waals surface area contributed by atoms with E-state index in [9.17, 15) is 14.9 Å². The van der Waals surface area contributed by atoms with Crippen LogP contribution in [0.4, 0.5) is 11.4 Å². The van der Waals surface area contributed by atoms with Gasteiger partial charge in [-0.2, -0.15) is 0 Å². The summed E-state index contributed by atoms with van der Waals surface area (Å²) >= 11 is 0. The van der Waals surface area contributed by atoms with Crippen LogP contribution in [0.3, 0.4) is 0 Å². The Morgan fingerprint density at radius 1 is 1.24 bits per heavy atom. The molecule has 2 aromatic rings. The summed E-state index contributed by atoms with van der Waals surface area (Å²) in [6, 6.07) is 12.2. The molecule has 0 radical (unpaired) electrons. The molecular formula is C18H21N3O4. The molecule has 0 aliphatic rings. The number of methoxy groups -OCH3 is 1. The van der Waals surface area contributed by atoms with Crippen LogP contribution in [0.1, 0.15) is 11.1 Å². The molecule has 0 saturated carbocycles. The number of ether oxygens (including phenoxy) is 1. The maximum atomic E-state index is 12.2. The third kappa shape index (κ3) is 5.29. The number of hydrogen-bond acceptors (Lipinski definition) is 5. The summed E-state index contributed by atoms with van der Waals surface area (Å²) < 4.78 is 5.12. The van der Waals surface area contributed by atoms with Crippen molar-refractivity contribution in [2.75, 3.05) is 26.0 Å². The lowest BCUT2D eigenvalue weighted by atomic mass is 10.1. The minimum Gasteiger partial charge on any atom is -0.494 e. The van der Waals surface area contributed by atoms with Crippen molar-refractivity contribution in [3.8, 4) is 5.75 Å². The summed E-state index contributed by atoms with van der Waals surface area (Å²) in [6.07, 6.45) is 0. The quantitative estimate of drug-likeness (QED) is 0.617. The van der Waals surface area contributed by atoms with Gasteiger partial charge in [0.25, 0.3) is 5.69 Å². The fourth-order valence-corrected chi connectivity index (χ4v) is 2.39. The van der Waals surface area contributed by atoms with Crippen molar-refractivity contribution in [1.29, 1.82) is 0 Å². The monoisotopic (exact) mass is 343 g/mol. The molecule has 0 fully saturated rings. The van der Waals surface area contributed by atoms with Gasteiger partial charge in [0, 0.05) is 12.6 Å². The van der Waals surface area contributed by atoms with Gasteiger partial charge in [0.15, 0.2) is 0 Å². The zero-order valence-corrected chi connectivity index (χ0v) is 14.5. The summed E-state index contributed by atoms with van der Waals surface area (Å²) in [7, 11) is 3.25. The largest absolute Gasteiger partial charge is 0.494 e. The zero-order chi connectivity index (χ0) is 18.4. The molecule has 0 heterocycles. The van der Waals surface area contributed by atoms with E-state index in [2.05, 4.69) is 5.32 Å². The van der Waals surface area contributed by atoms with Gasteiger partial charge < -0.3 is 10.1 Å². The van der Waals surface area contributed by atoms with Crippen molar-refractivity contribution in [3.63, 3.8) is 0 Å². The molecule has 0 aliphatic heterocycles. The summed E-state index contributed by atoms with van der Waals surface area (Å²) in [6.45, 7) is 2.86. The summed E-state index contributed by atoms with van der Waals surface area (Å²) in [5.41, 5.74) is 2.62. The Labute approximate surface area is 146 Å². The smallest absolute Gasteiger partial charge is 0.273 e. The van der Waals surface area contributed by atoms with Gasteiger partial charge in [0.05, 0.1) is 30.3 Å². The number of nitrogens with one attached hydrogen (secondary N) is 1. The van der Waals surface area contributed by atoms with E-state index in [4.69, 9.17) is 4.74 Å². The van der Waals surface area contributed by atoms with Crippen molar-refractivity contribution in [2.24, 2.45) is 0 Å². The second-order valence-electron chi connectivity index (χ2n) is 5.85. The number of non-ortho nitro benzene ring substituents is 1. The van der Waals surface area contributed by atoms with Crippen LogP contribution in [0.25, 0.3) is 0 Å². The fourth-order valence-electron chi connectivity index (χ4n) is 2.39. The number of benzene rings is 2. The van der Waals surface area contributed by atoms with Gasteiger partial charge in [-0.1, -0.05) is 29.8 Å². The Balaban J connectivity index is 1.97. The van der Waals surface area contributed by atoms with Crippen LogP contribution in [0.5, 0.6) is 5.75 Å². The standard InChI is InChI=1S/C18H21N3O4/c1-13-4-6-14(7-5-13)11-20(2)12-18(22)19-16-9-8-15(21(23)24)10-17(16)25-3/h4-10H,11-12H2,1-3H3,(H,19,22). The predicted octanol–water partition coefficient (Wildman–Crippen LogP) is 2.98. The van der Waals surface area contributed by atoms with Gasteiger partial charge >= 0.3 is 0 Å². The minimum atomic E-state index is -0.510. The van der Waals surface area contributed by atoms with Gasteiger partial charge in [0.2, 0.25) is 5.91 Å². The predicted molar refractivity (Wildman–Crippen MR) is 95.8 cm³/mol. The van der Waals surface area contributed by atoms with Gasteiger partial charge in [-0.25, -0.2) is 0 Å². The van der Waals surface area contributed by atoms with E-state index in [1.54, 1.807) is 0 Å². The van der Waals surface area contributed by atoms with Crippen molar-refractivity contribution in [1.82, 2.24) is 4.90 Å². The van der Waals surface area contributed by atoms with Crippen LogP contribution in [0.2, 0.25) is 0 Å². The summed E-state index contributed by atoms with van der Waals surface area (Å²) in [5.74, 6) is 0.0329. The van der Waals surface area contributed by atoms with Crippen LogP contribution in [0, 0.1) is 17.0 Å². The van der Waals surface area contributed by atoms with Crippen LogP contribution in [0.15, 0.2) is 42.5 Å². The van der Waals surface area contributed by atoms with E-state index in [1.807, 2.05) is 43.1 Å². The van der Waals surface area contributed by atoms with E-state index in [1.165, 1.54) is 30.9 Å². The molecule has 7 heteroatoms. The molecule has 0 aliphatic carbocycles. The van der Waals surface area contributed by atoms with E-state index in [-0.39, 0.29) is 23.9 Å². The number of anilines is 1. The highest BCUT2D eigenvalue weighted by atomic mass is 16.6. The first-order valence-electron chi connectivity index (χ1n) is 7.75. The number of nitro benzene ring substituents is 1. The lowest BCUT2D eigenvalue weighted by Crippen LogP contribution is -2.29. The number of likely N-dealkylation sites (N-methyl/N-ethyl adjacent to an activating group) is 1. The average Bonchev–Trinajstić information content (AvgIpc) is 2.56. The Kier molecular flexibility index (Phi) is 6.08. The van der Waals surface area contributed by atoms with E-state index in [0.29, 0.717) is 12.2 Å². The van der Waals surface area contributed by atoms with Crippen molar-refractivity contribution in [3.05, 3.63) is 63.7 Å². The van der Waals surface area contributed by atoms with E-state index < -0.39 is 4.92 Å².